The van der Waals surface area contributed by atoms with Crippen molar-refractivity contribution in [2.75, 3.05) is 5.73 Å². The molecule has 3 heteroatoms. The molecular weight excluding hydrogens is 164 g/mol. The Morgan fingerprint density at radius 2 is 2.23 bits per heavy atom. The average molecular weight is 174 g/mol. The second kappa shape index (κ2) is 2.62. The largest absolute Gasteiger partial charge is 0.399 e. The number of hydrogen-bond acceptors (Lipinski definition) is 2. The number of aromatic amines is 1. The van der Waals surface area contributed by atoms with Crippen LogP contribution in [0.4, 0.5) is 5.69 Å². The van der Waals surface area contributed by atoms with Gasteiger partial charge in [0.2, 0.25) is 0 Å². The van der Waals surface area contributed by atoms with E-state index in [9.17, 15) is 4.79 Å². The first-order valence-electron chi connectivity index (χ1n) is 4.06. The van der Waals surface area contributed by atoms with Crippen LogP contribution in [-0.2, 0) is 0 Å². The standard InChI is InChI=1S/C10H10N2O/c1-6(13)9-5-12-10-4-7(11)2-3-8(9)10/h2-5,12H,11H2,1H3. The molecule has 1 aromatic heterocycles. The number of aromatic nitrogens is 1. The Hall–Kier alpha value is -1.77. The minimum absolute atomic E-state index is 0.0658. The molecule has 0 saturated carbocycles. The second-order valence-electron chi connectivity index (χ2n) is 3.06. The van der Waals surface area contributed by atoms with Crippen LogP contribution >= 0.6 is 0 Å². The Morgan fingerprint density at radius 1 is 1.46 bits per heavy atom. The van der Waals surface area contributed by atoms with E-state index in [1.165, 1.54) is 0 Å². The first-order chi connectivity index (χ1) is 6.18. The number of nitrogens with two attached hydrogens (primary N) is 1. The van der Waals surface area contributed by atoms with Crippen molar-refractivity contribution in [1.82, 2.24) is 4.98 Å². The highest BCUT2D eigenvalue weighted by atomic mass is 16.1. The molecule has 66 valence electrons. The lowest BCUT2D eigenvalue weighted by Crippen LogP contribution is -1.89. The molecule has 0 amide bonds. The van der Waals surface area contributed by atoms with Crippen molar-refractivity contribution in [2.24, 2.45) is 0 Å². The molecular formula is C10H10N2O. The summed E-state index contributed by atoms with van der Waals surface area (Å²) in [7, 11) is 0. The second-order valence-corrected chi connectivity index (χ2v) is 3.06. The number of Topliss-reactive ketones (excluding diaryl/α,β-unsaturated/α-hetero) is 1. The minimum Gasteiger partial charge on any atom is -0.399 e. The fourth-order valence-electron chi connectivity index (χ4n) is 1.44. The van der Waals surface area contributed by atoms with Crippen LogP contribution in [0.5, 0.6) is 0 Å². The Bertz CT molecular complexity index is 471. The molecule has 0 radical (unpaired) electrons. The van der Waals surface area contributed by atoms with E-state index in [4.69, 9.17) is 5.73 Å². The lowest BCUT2D eigenvalue weighted by atomic mass is 10.1. The molecule has 0 bridgehead atoms. The number of hydrogen-bond donors (Lipinski definition) is 2. The van der Waals surface area contributed by atoms with Gasteiger partial charge < -0.3 is 10.7 Å². The number of benzene rings is 1. The predicted molar refractivity (Wildman–Crippen MR) is 52.7 cm³/mol. The molecule has 0 atom stereocenters. The number of nitrogens with one attached hydrogen (secondary N) is 1. The maximum absolute atomic E-state index is 11.2. The first-order valence-corrected chi connectivity index (χ1v) is 4.06. The predicted octanol–water partition coefficient (Wildman–Crippen LogP) is 1.95. The fraction of sp³-hybridized carbons (Fsp3) is 0.100. The zero-order valence-electron chi connectivity index (χ0n) is 7.29. The van der Waals surface area contributed by atoms with Crippen molar-refractivity contribution in [2.45, 2.75) is 6.92 Å². The molecule has 0 fully saturated rings. The lowest BCUT2D eigenvalue weighted by molar-refractivity contribution is 0.101. The number of carbonyl (C=O) groups is 1. The van der Waals surface area contributed by atoms with Crippen LogP contribution in [0.25, 0.3) is 10.9 Å². The molecule has 0 aliphatic carbocycles. The third-order valence-electron chi connectivity index (χ3n) is 2.09. The van der Waals surface area contributed by atoms with Gasteiger partial charge >= 0.3 is 0 Å². The van der Waals surface area contributed by atoms with Crippen molar-refractivity contribution < 1.29 is 4.79 Å². The van der Waals surface area contributed by atoms with Gasteiger partial charge in [0, 0.05) is 28.4 Å². The maximum atomic E-state index is 11.2. The molecule has 1 heterocycles. The van der Waals surface area contributed by atoms with Gasteiger partial charge in [-0.3, -0.25) is 4.79 Å². The monoisotopic (exact) mass is 174 g/mol. The summed E-state index contributed by atoms with van der Waals surface area (Å²) in [6, 6.07) is 5.47. The van der Waals surface area contributed by atoms with Crippen LogP contribution in [0.3, 0.4) is 0 Å². The maximum Gasteiger partial charge on any atom is 0.161 e. The lowest BCUT2D eigenvalue weighted by Gasteiger charge is -1.94. The topological polar surface area (TPSA) is 58.9 Å². The van der Waals surface area contributed by atoms with Crippen LogP contribution in [0.2, 0.25) is 0 Å². The molecule has 0 saturated heterocycles. The summed E-state index contributed by atoms with van der Waals surface area (Å²) in [5, 5.41) is 0.932. The van der Waals surface area contributed by atoms with Crippen molar-refractivity contribution in [1.29, 1.82) is 0 Å². The quantitative estimate of drug-likeness (QED) is 0.512. The van der Waals surface area contributed by atoms with E-state index in [-0.39, 0.29) is 5.78 Å². The van der Waals surface area contributed by atoms with Crippen LogP contribution in [-0.4, -0.2) is 10.8 Å². The third-order valence-corrected chi connectivity index (χ3v) is 2.09. The Labute approximate surface area is 75.6 Å². The van der Waals surface area contributed by atoms with E-state index in [1.807, 2.05) is 12.1 Å². The number of carbonyl (C=O) groups excluding carboxylic acids is 1. The average Bonchev–Trinajstić information content (AvgIpc) is 2.46. The van der Waals surface area contributed by atoms with Gasteiger partial charge in [0.15, 0.2) is 5.78 Å². The minimum atomic E-state index is 0.0658. The normalized spacial score (nSPS) is 10.5. The molecule has 3 N–H and O–H groups in total. The van der Waals surface area contributed by atoms with Crippen LogP contribution in [0.15, 0.2) is 24.4 Å². The van der Waals surface area contributed by atoms with Gasteiger partial charge in [-0.25, -0.2) is 0 Å². The van der Waals surface area contributed by atoms with Crippen molar-refractivity contribution in [3.05, 3.63) is 30.0 Å². The van der Waals surface area contributed by atoms with E-state index in [1.54, 1.807) is 19.2 Å². The molecule has 0 aliphatic heterocycles. The number of fused-ring (bicyclic) bond motifs is 1. The Kier molecular flexibility index (Phi) is 1.59. The third kappa shape index (κ3) is 1.18. The summed E-state index contributed by atoms with van der Waals surface area (Å²) in [4.78, 5) is 14.2. The summed E-state index contributed by atoms with van der Waals surface area (Å²) in [6.45, 7) is 1.55. The van der Waals surface area contributed by atoms with Gasteiger partial charge in [-0.1, -0.05) is 6.07 Å². The van der Waals surface area contributed by atoms with E-state index >= 15 is 0 Å². The summed E-state index contributed by atoms with van der Waals surface area (Å²) in [6.07, 6.45) is 1.71. The van der Waals surface area contributed by atoms with Crippen molar-refractivity contribution >= 4 is 22.4 Å². The fourth-order valence-corrected chi connectivity index (χ4v) is 1.44. The number of nitrogen functional groups attached to an aromatic ring is 1. The molecule has 2 aromatic rings. The van der Waals surface area contributed by atoms with Crippen molar-refractivity contribution in [3.8, 4) is 0 Å². The number of ketones is 1. The van der Waals surface area contributed by atoms with Crippen LogP contribution < -0.4 is 5.73 Å². The number of H-pyrrole nitrogens is 1. The van der Waals surface area contributed by atoms with Crippen molar-refractivity contribution in [3.63, 3.8) is 0 Å². The smallest absolute Gasteiger partial charge is 0.161 e. The molecule has 2 rings (SSSR count). The molecule has 0 unspecified atom stereocenters. The highest BCUT2D eigenvalue weighted by molar-refractivity contribution is 6.07. The van der Waals surface area contributed by atoms with Gasteiger partial charge in [0.05, 0.1) is 0 Å². The molecule has 3 nitrogen and oxygen atoms in total. The van der Waals surface area contributed by atoms with Gasteiger partial charge in [0.25, 0.3) is 0 Å². The molecule has 1 aromatic carbocycles. The molecule has 0 spiro atoms. The zero-order valence-corrected chi connectivity index (χ0v) is 7.29. The zero-order chi connectivity index (χ0) is 9.42. The van der Waals surface area contributed by atoms with Crippen LogP contribution in [0.1, 0.15) is 17.3 Å². The number of rotatable bonds is 1. The highest BCUT2D eigenvalue weighted by Gasteiger charge is 2.06. The summed E-state index contributed by atoms with van der Waals surface area (Å²) in [5.41, 5.74) is 7.93. The summed E-state index contributed by atoms with van der Waals surface area (Å²) in [5.74, 6) is 0.0658. The molecule has 13 heavy (non-hydrogen) atoms. The summed E-state index contributed by atoms with van der Waals surface area (Å²) >= 11 is 0. The SMILES string of the molecule is CC(=O)c1c[nH]c2cc(N)ccc12. The molecule has 0 aliphatic rings. The Balaban J connectivity index is 2.76. The van der Waals surface area contributed by atoms with E-state index in [0.717, 1.165) is 16.5 Å². The summed E-state index contributed by atoms with van der Waals surface area (Å²) < 4.78 is 0. The van der Waals surface area contributed by atoms with Gasteiger partial charge in [-0.05, 0) is 19.1 Å². The van der Waals surface area contributed by atoms with Crippen LogP contribution in [0, 0.1) is 0 Å². The number of anilines is 1. The first kappa shape index (κ1) is 7.86. The van der Waals surface area contributed by atoms with E-state index < -0.39 is 0 Å². The van der Waals surface area contributed by atoms with E-state index in [2.05, 4.69) is 4.98 Å². The Morgan fingerprint density at radius 3 is 2.92 bits per heavy atom. The highest BCUT2D eigenvalue weighted by Crippen LogP contribution is 2.20. The van der Waals surface area contributed by atoms with Gasteiger partial charge in [-0.2, -0.15) is 0 Å². The van der Waals surface area contributed by atoms with Gasteiger partial charge in [-0.15, -0.1) is 0 Å². The van der Waals surface area contributed by atoms with E-state index in [0.29, 0.717) is 5.69 Å². The van der Waals surface area contributed by atoms with Gasteiger partial charge in [0.1, 0.15) is 0 Å².